The molecule has 0 bridgehead atoms. The molecule has 2 N–H and O–H groups in total. The average Bonchev–Trinajstić information content (AvgIpc) is 2.55. The van der Waals surface area contributed by atoms with E-state index in [1.54, 1.807) is 25.1 Å². The molecule has 0 aliphatic carbocycles. The molecule has 2 rings (SSSR count). The first-order chi connectivity index (χ1) is 11.5. The quantitative estimate of drug-likeness (QED) is 0.745. The van der Waals surface area contributed by atoms with Crippen molar-refractivity contribution in [2.45, 2.75) is 39.3 Å². The van der Waals surface area contributed by atoms with E-state index in [1.807, 2.05) is 44.2 Å². The lowest BCUT2D eigenvalue weighted by molar-refractivity contribution is -0.119. The zero-order valence-electron chi connectivity index (χ0n) is 14.2. The first-order valence-corrected chi connectivity index (χ1v) is 8.01. The minimum Gasteiger partial charge on any atom is -0.506 e. The second kappa shape index (κ2) is 8.36. The topological polar surface area (TPSA) is 74.0 Å². The number of benzene rings is 2. The van der Waals surface area contributed by atoms with Crippen LogP contribution in [0, 0.1) is 0 Å². The van der Waals surface area contributed by atoms with Gasteiger partial charge >= 0.3 is 0 Å². The maximum absolute atomic E-state index is 11.8. The SMILES string of the molecule is CC(=O)C(Cc1ccc(O)c(N=Nc2ccccc2)c1)NC(C)C. The molecule has 5 heteroatoms. The Kier molecular flexibility index (Phi) is 6.21. The highest BCUT2D eigenvalue weighted by molar-refractivity contribution is 5.81. The van der Waals surface area contributed by atoms with Crippen LogP contribution in [-0.2, 0) is 11.2 Å². The molecule has 0 fully saturated rings. The molecule has 0 aliphatic heterocycles. The van der Waals surface area contributed by atoms with E-state index in [2.05, 4.69) is 15.5 Å². The first kappa shape index (κ1) is 17.8. The van der Waals surface area contributed by atoms with E-state index in [-0.39, 0.29) is 23.6 Å². The number of hydrogen-bond donors (Lipinski definition) is 2. The van der Waals surface area contributed by atoms with Gasteiger partial charge in [0.2, 0.25) is 0 Å². The highest BCUT2D eigenvalue weighted by atomic mass is 16.3. The van der Waals surface area contributed by atoms with Crippen LogP contribution in [0.2, 0.25) is 0 Å². The monoisotopic (exact) mass is 325 g/mol. The fourth-order valence-corrected chi connectivity index (χ4v) is 2.34. The van der Waals surface area contributed by atoms with Crippen molar-refractivity contribution in [2.75, 3.05) is 0 Å². The van der Waals surface area contributed by atoms with Gasteiger partial charge in [-0.2, -0.15) is 5.11 Å². The molecule has 1 unspecified atom stereocenters. The van der Waals surface area contributed by atoms with Crippen LogP contribution in [0.25, 0.3) is 0 Å². The van der Waals surface area contributed by atoms with Gasteiger partial charge in [0, 0.05) is 6.04 Å². The van der Waals surface area contributed by atoms with E-state index in [0.717, 1.165) is 5.56 Å². The molecule has 2 aromatic rings. The molecule has 0 spiro atoms. The number of azo groups is 1. The third-order valence-corrected chi connectivity index (χ3v) is 3.53. The summed E-state index contributed by atoms with van der Waals surface area (Å²) >= 11 is 0. The molecule has 126 valence electrons. The van der Waals surface area contributed by atoms with E-state index in [9.17, 15) is 9.90 Å². The largest absolute Gasteiger partial charge is 0.506 e. The first-order valence-electron chi connectivity index (χ1n) is 8.01. The zero-order chi connectivity index (χ0) is 17.5. The van der Waals surface area contributed by atoms with Crippen molar-refractivity contribution in [3.8, 4) is 5.75 Å². The Labute approximate surface area is 142 Å². The molecule has 0 saturated heterocycles. The summed E-state index contributed by atoms with van der Waals surface area (Å²) in [6.07, 6.45) is 0.543. The van der Waals surface area contributed by atoms with Crippen molar-refractivity contribution >= 4 is 17.2 Å². The summed E-state index contributed by atoms with van der Waals surface area (Å²) in [5.41, 5.74) is 2.02. The van der Waals surface area contributed by atoms with Gasteiger partial charge in [-0.1, -0.05) is 38.1 Å². The Morgan fingerprint density at radius 2 is 1.83 bits per heavy atom. The third kappa shape index (κ3) is 5.28. The third-order valence-electron chi connectivity index (χ3n) is 3.53. The fraction of sp³-hybridized carbons (Fsp3) is 0.316. The Morgan fingerprint density at radius 3 is 2.46 bits per heavy atom. The molecule has 1 atom stereocenters. The lowest BCUT2D eigenvalue weighted by Gasteiger charge is -2.19. The minimum absolute atomic E-state index is 0.0645. The molecule has 0 amide bonds. The van der Waals surface area contributed by atoms with Crippen molar-refractivity contribution < 1.29 is 9.90 Å². The average molecular weight is 325 g/mol. The molecule has 0 saturated carbocycles. The van der Waals surface area contributed by atoms with Crippen LogP contribution in [0.3, 0.4) is 0 Å². The van der Waals surface area contributed by atoms with Gasteiger partial charge in [0.1, 0.15) is 17.2 Å². The second-order valence-electron chi connectivity index (χ2n) is 6.05. The number of phenols is 1. The number of carbonyl (C=O) groups excluding carboxylic acids is 1. The van der Waals surface area contributed by atoms with E-state index in [0.29, 0.717) is 17.8 Å². The Hall–Kier alpha value is -2.53. The molecule has 0 aliphatic rings. The summed E-state index contributed by atoms with van der Waals surface area (Å²) in [7, 11) is 0. The number of nitrogens with zero attached hydrogens (tertiary/aromatic N) is 2. The number of aromatic hydroxyl groups is 1. The summed E-state index contributed by atoms with van der Waals surface area (Å²) in [5.74, 6) is 0.152. The second-order valence-corrected chi connectivity index (χ2v) is 6.05. The maximum atomic E-state index is 11.8. The fourth-order valence-electron chi connectivity index (χ4n) is 2.34. The molecule has 2 aromatic carbocycles. The molecular formula is C19H23N3O2. The maximum Gasteiger partial charge on any atom is 0.147 e. The Bertz CT molecular complexity index is 712. The van der Waals surface area contributed by atoms with Crippen LogP contribution < -0.4 is 5.32 Å². The molecule has 0 radical (unpaired) electrons. The molecule has 5 nitrogen and oxygen atoms in total. The summed E-state index contributed by atoms with van der Waals surface area (Å²) < 4.78 is 0. The molecule has 0 heterocycles. The zero-order valence-corrected chi connectivity index (χ0v) is 14.2. The predicted octanol–water partition coefficient (Wildman–Crippen LogP) is 4.31. The summed E-state index contributed by atoms with van der Waals surface area (Å²) in [6.45, 7) is 5.59. The van der Waals surface area contributed by atoms with Gasteiger partial charge in [-0.05, 0) is 43.2 Å². The molecule has 0 aromatic heterocycles. The van der Waals surface area contributed by atoms with E-state index in [1.165, 1.54) is 0 Å². The number of rotatable bonds is 7. The van der Waals surface area contributed by atoms with Gasteiger partial charge in [0.15, 0.2) is 0 Å². The number of nitrogens with one attached hydrogen (secondary N) is 1. The lowest BCUT2D eigenvalue weighted by atomic mass is 10.0. The lowest BCUT2D eigenvalue weighted by Crippen LogP contribution is -2.41. The van der Waals surface area contributed by atoms with Crippen LogP contribution in [0.5, 0.6) is 5.75 Å². The van der Waals surface area contributed by atoms with Crippen LogP contribution in [-0.4, -0.2) is 23.0 Å². The standard InChI is InChI=1S/C19H23N3O2/c1-13(2)20-17(14(3)23)11-15-9-10-19(24)18(12-15)22-21-16-7-5-4-6-8-16/h4-10,12-13,17,20,24H,11H2,1-3H3. The smallest absolute Gasteiger partial charge is 0.147 e. The number of Topliss-reactive ketones (excluding diaryl/α,β-unsaturated/α-hetero) is 1. The van der Waals surface area contributed by atoms with Gasteiger partial charge in [-0.15, -0.1) is 5.11 Å². The van der Waals surface area contributed by atoms with Crippen molar-refractivity contribution in [1.29, 1.82) is 0 Å². The van der Waals surface area contributed by atoms with Crippen molar-refractivity contribution in [2.24, 2.45) is 10.2 Å². The van der Waals surface area contributed by atoms with Crippen LogP contribution in [0.1, 0.15) is 26.3 Å². The number of hydrogen-bond acceptors (Lipinski definition) is 5. The van der Waals surface area contributed by atoms with Gasteiger partial charge in [0.05, 0.1) is 11.7 Å². The van der Waals surface area contributed by atoms with Gasteiger partial charge < -0.3 is 10.4 Å². The normalized spacial score (nSPS) is 12.7. The number of phenolic OH excluding ortho intramolecular Hbond substituents is 1. The molecular weight excluding hydrogens is 302 g/mol. The van der Waals surface area contributed by atoms with Gasteiger partial charge in [-0.3, -0.25) is 4.79 Å². The summed E-state index contributed by atoms with van der Waals surface area (Å²) in [4.78, 5) is 11.8. The number of carbonyl (C=O) groups is 1. The Morgan fingerprint density at radius 1 is 1.12 bits per heavy atom. The van der Waals surface area contributed by atoms with Crippen molar-refractivity contribution in [3.63, 3.8) is 0 Å². The Balaban J connectivity index is 2.18. The highest BCUT2D eigenvalue weighted by Gasteiger charge is 2.16. The van der Waals surface area contributed by atoms with Crippen LogP contribution in [0.4, 0.5) is 11.4 Å². The number of ketones is 1. The van der Waals surface area contributed by atoms with E-state index in [4.69, 9.17) is 0 Å². The van der Waals surface area contributed by atoms with Gasteiger partial charge in [0.25, 0.3) is 0 Å². The van der Waals surface area contributed by atoms with Crippen molar-refractivity contribution in [1.82, 2.24) is 5.32 Å². The minimum atomic E-state index is -0.256. The van der Waals surface area contributed by atoms with E-state index < -0.39 is 0 Å². The molecule has 24 heavy (non-hydrogen) atoms. The predicted molar refractivity (Wildman–Crippen MR) is 95.2 cm³/mol. The van der Waals surface area contributed by atoms with Crippen LogP contribution in [0.15, 0.2) is 58.8 Å². The summed E-state index contributed by atoms with van der Waals surface area (Å²) in [6, 6.07) is 14.4. The van der Waals surface area contributed by atoms with E-state index >= 15 is 0 Å². The van der Waals surface area contributed by atoms with Gasteiger partial charge in [-0.25, -0.2) is 0 Å². The summed E-state index contributed by atoms with van der Waals surface area (Å²) in [5, 5.41) is 21.5. The van der Waals surface area contributed by atoms with Crippen molar-refractivity contribution in [3.05, 3.63) is 54.1 Å². The highest BCUT2D eigenvalue weighted by Crippen LogP contribution is 2.29. The van der Waals surface area contributed by atoms with Crippen LogP contribution >= 0.6 is 0 Å².